The molecule has 2 aromatic rings. The standard InChI is InChI=1S/C21H24N2O3/c1-15(2)23(18-8-4-3-5-9-18)20(24)14-26-19-10-6-7-16(13-19)21(25)22-17-11-12-17/h3-10,13,15,17H,11-12,14H2,1-2H3,(H,22,25). The minimum Gasteiger partial charge on any atom is -0.484 e. The third kappa shape index (κ3) is 4.63. The minimum absolute atomic E-state index is 0.0177. The Morgan fingerprint density at radius 1 is 1.12 bits per heavy atom. The van der Waals surface area contributed by atoms with Gasteiger partial charge in [0, 0.05) is 23.3 Å². The van der Waals surface area contributed by atoms with E-state index in [0.29, 0.717) is 17.4 Å². The lowest BCUT2D eigenvalue weighted by atomic mass is 10.2. The van der Waals surface area contributed by atoms with E-state index in [1.54, 1.807) is 29.2 Å². The molecule has 136 valence electrons. The first-order valence-electron chi connectivity index (χ1n) is 8.95. The summed E-state index contributed by atoms with van der Waals surface area (Å²) in [4.78, 5) is 26.5. The summed E-state index contributed by atoms with van der Waals surface area (Å²) in [6.45, 7) is 3.85. The van der Waals surface area contributed by atoms with Gasteiger partial charge >= 0.3 is 0 Å². The van der Waals surface area contributed by atoms with Crippen LogP contribution in [0.5, 0.6) is 5.75 Å². The number of hydrogen-bond donors (Lipinski definition) is 1. The zero-order chi connectivity index (χ0) is 18.5. The number of nitrogens with zero attached hydrogens (tertiary/aromatic N) is 1. The normalized spacial score (nSPS) is 13.3. The fraction of sp³-hybridized carbons (Fsp3) is 0.333. The summed E-state index contributed by atoms with van der Waals surface area (Å²) in [6.07, 6.45) is 2.09. The molecule has 1 saturated carbocycles. The Hall–Kier alpha value is -2.82. The Morgan fingerprint density at radius 2 is 1.85 bits per heavy atom. The van der Waals surface area contributed by atoms with Gasteiger partial charge < -0.3 is 15.0 Å². The number of ether oxygens (including phenoxy) is 1. The molecule has 1 aliphatic rings. The highest BCUT2D eigenvalue weighted by atomic mass is 16.5. The van der Waals surface area contributed by atoms with Gasteiger partial charge in [-0.1, -0.05) is 24.3 Å². The lowest BCUT2D eigenvalue weighted by Gasteiger charge is -2.26. The summed E-state index contributed by atoms with van der Waals surface area (Å²) >= 11 is 0. The Morgan fingerprint density at radius 3 is 2.50 bits per heavy atom. The van der Waals surface area contributed by atoms with Crippen molar-refractivity contribution >= 4 is 17.5 Å². The number of nitrogens with one attached hydrogen (secondary N) is 1. The quantitative estimate of drug-likeness (QED) is 0.831. The molecule has 3 rings (SSSR count). The van der Waals surface area contributed by atoms with Gasteiger partial charge in [-0.3, -0.25) is 9.59 Å². The Labute approximate surface area is 154 Å². The van der Waals surface area contributed by atoms with Crippen molar-refractivity contribution in [2.45, 2.75) is 38.8 Å². The first-order chi connectivity index (χ1) is 12.5. The van der Waals surface area contributed by atoms with Gasteiger partial charge in [-0.2, -0.15) is 0 Å². The van der Waals surface area contributed by atoms with Crippen LogP contribution in [0.25, 0.3) is 0 Å². The van der Waals surface area contributed by atoms with Crippen molar-refractivity contribution in [2.24, 2.45) is 0 Å². The second kappa shape index (κ2) is 8.04. The maximum absolute atomic E-state index is 12.7. The van der Waals surface area contributed by atoms with Crippen LogP contribution in [0.1, 0.15) is 37.0 Å². The Kier molecular flexibility index (Phi) is 5.56. The van der Waals surface area contributed by atoms with E-state index in [0.717, 1.165) is 18.5 Å². The minimum atomic E-state index is -0.126. The second-order valence-electron chi connectivity index (χ2n) is 6.76. The van der Waals surface area contributed by atoms with Crippen molar-refractivity contribution in [3.05, 3.63) is 60.2 Å². The molecular weight excluding hydrogens is 328 g/mol. The van der Waals surface area contributed by atoms with Crippen molar-refractivity contribution in [3.8, 4) is 5.75 Å². The van der Waals surface area contributed by atoms with Crippen LogP contribution in [0, 0.1) is 0 Å². The van der Waals surface area contributed by atoms with E-state index in [2.05, 4.69) is 5.32 Å². The van der Waals surface area contributed by atoms with Crippen molar-refractivity contribution < 1.29 is 14.3 Å². The number of hydrogen-bond acceptors (Lipinski definition) is 3. The van der Waals surface area contributed by atoms with Crippen LogP contribution in [-0.4, -0.2) is 30.5 Å². The average molecular weight is 352 g/mol. The van der Waals surface area contributed by atoms with Crippen molar-refractivity contribution in [3.63, 3.8) is 0 Å². The second-order valence-corrected chi connectivity index (χ2v) is 6.76. The molecule has 5 nitrogen and oxygen atoms in total. The molecule has 0 heterocycles. The molecule has 1 fully saturated rings. The zero-order valence-corrected chi connectivity index (χ0v) is 15.1. The number of amides is 2. The molecule has 2 aromatic carbocycles. The highest BCUT2D eigenvalue weighted by Gasteiger charge is 2.24. The predicted molar refractivity (Wildman–Crippen MR) is 101 cm³/mol. The van der Waals surface area contributed by atoms with Gasteiger partial charge in [0.25, 0.3) is 11.8 Å². The third-order valence-corrected chi connectivity index (χ3v) is 4.19. The molecule has 0 aromatic heterocycles. The monoisotopic (exact) mass is 352 g/mol. The van der Waals surface area contributed by atoms with Gasteiger partial charge in [-0.05, 0) is 57.0 Å². The fourth-order valence-corrected chi connectivity index (χ4v) is 2.76. The van der Waals surface area contributed by atoms with E-state index in [1.807, 2.05) is 44.2 Å². The smallest absolute Gasteiger partial charge is 0.265 e. The highest BCUT2D eigenvalue weighted by Crippen LogP contribution is 2.21. The molecule has 0 aliphatic heterocycles. The van der Waals surface area contributed by atoms with E-state index in [-0.39, 0.29) is 24.5 Å². The molecule has 0 saturated heterocycles. The number of anilines is 1. The van der Waals surface area contributed by atoms with E-state index in [1.165, 1.54) is 0 Å². The average Bonchev–Trinajstić information content (AvgIpc) is 3.45. The number of rotatable bonds is 7. The maximum atomic E-state index is 12.7. The first kappa shape index (κ1) is 18.0. The summed E-state index contributed by atoms with van der Waals surface area (Å²) in [7, 11) is 0. The molecule has 0 spiro atoms. The van der Waals surface area contributed by atoms with Gasteiger partial charge in [0.15, 0.2) is 6.61 Å². The van der Waals surface area contributed by atoms with Crippen molar-refractivity contribution in [1.29, 1.82) is 0 Å². The van der Waals surface area contributed by atoms with Gasteiger partial charge in [0.05, 0.1) is 0 Å². The molecule has 0 unspecified atom stereocenters. The maximum Gasteiger partial charge on any atom is 0.265 e. The molecule has 26 heavy (non-hydrogen) atoms. The van der Waals surface area contributed by atoms with Gasteiger partial charge in [0.1, 0.15) is 5.75 Å². The summed E-state index contributed by atoms with van der Waals surface area (Å²) in [5.74, 6) is 0.287. The molecule has 5 heteroatoms. The van der Waals surface area contributed by atoms with Crippen LogP contribution >= 0.6 is 0 Å². The fourth-order valence-electron chi connectivity index (χ4n) is 2.76. The topological polar surface area (TPSA) is 58.6 Å². The lowest BCUT2D eigenvalue weighted by molar-refractivity contribution is -0.120. The Balaban J connectivity index is 1.63. The highest BCUT2D eigenvalue weighted by molar-refractivity contribution is 5.96. The van der Waals surface area contributed by atoms with E-state index in [9.17, 15) is 9.59 Å². The first-order valence-corrected chi connectivity index (χ1v) is 8.95. The van der Waals surface area contributed by atoms with Crippen LogP contribution in [0.3, 0.4) is 0 Å². The van der Waals surface area contributed by atoms with E-state index in [4.69, 9.17) is 4.74 Å². The van der Waals surface area contributed by atoms with Gasteiger partial charge in [0.2, 0.25) is 0 Å². The van der Waals surface area contributed by atoms with Crippen LogP contribution < -0.4 is 15.0 Å². The third-order valence-electron chi connectivity index (χ3n) is 4.19. The summed E-state index contributed by atoms with van der Waals surface area (Å²) in [5.41, 5.74) is 1.39. The SMILES string of the molecule is CC(C)N(C(=O)COc1cccc(C(=O)NC2CC2)c1)c1ccccc1. The molecule has 0 bridgehead atoms. The van der Waals surface area contributed by atoms with Crippen LogP contribution in [0.2, 0.25) is 0 Å². The van der Waals surface area contributed by atoms with Gasteiger partial charge in [-0.15, -0.1) is 0 Å². The summed E-state index contributed by atoms with van der Waals surface area (Å²) in [6, 6.07) is 16.8. The molecule has 0 atom stereocenters. The largest absolute Gasteiger partial charge is 0.484 e. The molecule has 1 aliphatic carbocycles. The summed E-state index contributed by atoms with van der Waals surface area (Å²) in [5, 5.41) is 2.95. The number of para-hydroxylation sites is 1. The van der Waals surface area contributed by atoms with Crippen molar-refractivity contribution in [2.75, 3.05) is 11.5 Å². The van der Waals surface area contributed by atoms with Gasteiger partial charge in [-0.25, -0.2) is 0 Å². The molecular formula is C21H24N2O3. The number of carbonyl (C=O) groups is 2. The zero-order valence-electron chi connectivity index (χ0n) is 15.1. The van der Waals surface area contributed by atoms with Crippen LogP contribution in [0.15, 0.2) is 54.6 Å². The van der Waals surface area contributed by atoms with Crippen molar-refractivity contribution in [1.82, 2.24) is 5.32 Å². The Bertz CT molecular complexity index is 770. The molecule has 2 amide bonds. The molecule has 0 radical (unpaired) electrons. The van der Waals surface area contributed by atoms with Crippen LogP contribution in [0.4, 0.5) is 5.69 Å². The number of benzene rings is 2. The lowest BCUT2D eigenvalue weighted by Crippen LogP contribution is -2.40. The van der Waals surface area contributed by atoms with E-state index < -0.39 is 0 Å². The summed E-state index contributed by atoms with van der Waals surface area (Å²) < 4.78 is 5.66. The van der Waals surface area contributed by atoms with Crippen LogP contribution in [-0.2, 0) is 4.79 Å². The van der Waals surface area contributed by atoms with E-state index >= 15 is 0 Å². The predicted octanol–water partition coefficient (Wildman–Crippen LogP) is 3.40. The molecule has 1 N–H and O–H groups in total. The number of carbonyl (C=O) groups excluding carboxylic acids is 2.